The molecule has 0 aliphatic heterocycles. The Labute approximate surface area is 152 Å². The molecule has 0 bridgehead atoms. The lowest BCUT2D eigenvalue weighted by molar-refractivity contribution is 0.241. The molecule has 26 heavy (non-hydrogen) atoms. The van der Waals surface area contributed by atoms with E-state index in [0.29, 0.717) is 13.1 Å². The van der Waals surface area contributed by atoms with Gasteiger partial charge in [0.2, 0.25) is 0 Å². The normalized spacial score (nSPS) is 10.5. The summed E-state index contributed by atoms with van der Waals surface area (Å²) in [5.41, 5.74) is 0.0564. The number of carbonyl (C=O) groups excluding carboxylic acids is 1. The first-order valence-corrected chi connectivity index (χ1v) is 9.03. The quantitative estimate of drug-likeness (QED) is 0.600. The van der Waals surface area contributed by atoms with Crippen LogP contribution in [-0.2, 0) is 6.42 Å². The summed E-state index contributed by atoms with van der Waals surface area (Å²) in [5, 5.41) is 5.69. The topological polar surface area (TPSA) is 96.0 Å². The predicted octanol–water partition coefficient (Wildman–Crippen LogP) is 2.33. The second-order valence-corrected chi connectivity index (χ2v) is 6.13. The Kier molecular flexibility index (Phi) is 7.67. The van der Waals surface area contributed by atoms with Gasteiger partial charge in [-0.15, -0.1) is 0 Å². The van der Waals surface area contributed by atoms with Crippen molar-refractivity contribution in [1.29, 1.82) is 0 Å². The van der Waals surface area contributed by atoms with Crippen LogP contribution >= 0.6 is 0 Å². The van der Waals surface area contributed by atoms with Crippen LogP contribution in [0.5, 0.6) is 0 Å². The maximum absolute atomic E-state index is 12.2. The molecule has 1 amide bonds. The van der Waals surface area contributed by atoms with Gasteiger partial charge >= 0.3 is 11.7 Å². The summed E-state index contributed by atoms with van der Waals surface area (Å²) in [5.74, 6) is 0. The zero-order valence-corrected chi connectivity index (χ0v) is 15.1. The van der Waals surface area contributed by atoms with E-state index >= 15 is 0 Å². The highest BCUT2D eigenvalue weighted by Crippen LogP contribution is 2.01. The Bertz CT molecular complexity index is 812. The fourth-order valence-corrected chi connectivity index (χ4v) is 2.57. The van der Waals surface area contributed by atoms with Crippen LogP contribution in [-0.4, -0.2) is 28.7 Å². The second kappa shape index (κ2) is 10.2. The number of benzene rings is 1. The first-order chi connectivity index (χ1) is 12.6. The summed E-state index contributed by atoms with van der Waals surface area (Å²) in [4.78, 5) is 38.1. The first kappa shape index (κ1) is 19.5. The maximum atomic E-state index is 12.2. The van der Waals surface area contributed by atoms with E-state index in [1.54, 1.807) is 0 Å². The van der Waals surface area contributed by atoms with Crippen LogP contribution < -0.4 is 21.9 Å². The molecule has 7 heteroatoms. The Morgan fingerprint density at radius 1 is 1.08 bits per heavy atom. The van der Waals surface area contributed by atoms with Crippen LogP contribution in [0, 0.1) is 0 Å². The zero-order chi connectivity index (χ0) is 18.8. The molecule has 2 rings (SSSR count). The minimum absolute atomic E-state index is 0.196. The van der Waals surface area contributed by atoms with Crippen LogP contribution in [0.4, 0.5) is 10.5 Å². The van der Waals surface area contributed by atoms with Crippen molar-refractivity contribution in [3.8, 4) is 0 Å². The van der Waals surface area contributed by atoms with Crippen molar-refractivity contribution >= 4 is 11.7 Å². The number of nitrogens with one attached hydrogen (secondary N) is 3. The van der Waals surface area contributed by atoms with Gasteiger partial charge in [-0.3, -0.25) is 9.78 Å². The highest BCUT2D eigenvalue weighted by atomic mass is 16.2. The summed E-state index contributed by atoms with van der Waals surface area (Å²) in [7, 11) is 0. The number of aromatic amines is 1. The molecular weight excluding hydrogens is 332 g/mol. The van der Waals surface area contributed by atoms with Crippen LogP contribution in [0.1, 0.15) is 38.2 Å². The Hall–Kier alpha value is -2.83. The molecular formula is C19H26N4O3. The van der Waals surface area contributed by atoms with Gasteiger partial charge in [-0.1, -0.05) is 56.5 Å². The maximum Gasteiger partial charge on any atom is 0.336 e. The van der Waals surface area contributed by atoms with Gasteiger partial charge in [0.25, 0.3) is 5.56 Å². The average Bonchev–Trinajstić information content (AvgIpc) is 2.64. The number of carbonyl (C=O) groups is 1. The first-order valence-electron chi connectivity index (χ1n) is 9.03. The van der Waals surface area contributed by atoms with Crippen molar-refractivity contribution < 1.29 is 4.79 Å². The molecule has 0 unspecified atom stereocenters. The molecule has 1 heterocycles. The van der Waals surface area contributed by atoms with Crippen molar-refractivity contribution in [2.24, 2.45) is 0 Å². The van der Waals surface area contributed by atoms with Gasteiger partial charge in [-0.05, 0) is 18.4 Å². The summed E-state index contributed by atoms with van der Waals surface area (Å²) >= 11 is 0. The monoisotopic (exact) mass is 358 g/mol. The molecule has 3 N–H and O–H groups in total. The average molecular weight is 358 g/mol. The lowest BCUT2D eigenvalue weighted by Crippen LogP contribution is -2.40. The van der Waals surface area contributed by atoms with E-state index in [0.717, 1.165) is 42.2 Å². The van der Waals surface area contributed by atoms with Gasteiger partial charge in [0.1, 0.15) is 5.69 Å². The molecule has 2 aromatic rings. The van der Waals surface area contributed by atoms with E-state index in [-0.39, 0.29) is 5.69 Å². The van der Waals surface area contributed by atoms with E-state index < -0.39 is 17.3 Å². The van der Waals surface area contributed by atoms with Crippen molar-refractivity contribution in [3.63, 3.8) is 0 Å². The highest BCUT2D eigenvalue weighted by molar-refractivity contribution is 5.76. The van der Waals surface area contributed by atoms with E-state index in [9.17, 15) is 14.4 Å². The molecule has 0 fully saturated rings. The van der Waals surface area contributed by atoms with E-state index in [1.165, 1.54) is 6.20 Å². The van der Waals surface area contributed by atoms with Crippen LogP contribution in [0.15, 0.2) is 46.1 Å². The highest BCUT2D eigenvalue weighted by Gasteiger charge is 2.10. The number of amides is 1. The van der Waals surface area contributed by atoms with Crippen molar-refractivity contribution in [2.45, 2.75) is 39.0 Å². The van der Waals surface area contributed by atoms with Crippen LogP contribution in [0.25, 0.3) is 0 Å². The van der Waals surface area contributed by atoms with E-state index in [1.807, 2.05) is 30.3 Å². The van der Waals surface area contributed by atoms with Gasteiger partial charge in [0.05, 0.1) is 0 Å². The zero-order valence-electron chi connectivity index (χ0n) is 15.1. The minimum atomic E-state index is -0.741. The Balaban J connectivity index is 1.95. The van der Waals surface area contributed by atoms with Gasteiger partial charge in [-0.2, -0.15) is 0 Å². The molecule has 0 saturated carbocycles. The third kappa shape index (κ3) is 5.91. The minimum Gasteiger partial charge on any atom is -0.379 e. The molecule has 1 aromatic carbocycles. The van der Waals surface area contributed by atoms with Gasteiger partial charge < -0.3 is 10.6 Å². The number of rotatable bonds is 9. The molecule has 1 aromatic heterocycles. The number of anilines is 1. The van der Waals surface area contributed by atoms with Crippen molar-refractivity contribution in [2.75, 3.05) is 18.4 Å². The number of hydrogen-bond donors (Lipinski definition) is 3. The molecule has 7 nitrogen and oxygen atoms in total. The van der Waals surface area contributed by atoms with Gasteiger partial charge in [0, 0.05) is 19.3 Å². The molecule has 0 aliphatic carbocycles. The third-order valence-corrected chi connectivity index (χ3v) is 4.04. The Morgan fingerprint density at radius 3 is 2.58 bits per heavy atom. The summed E-state index contributed by atoms with van der Waals surface area (Å²) in [6, 6.07) is 9.31. The molecule has 0 saturated heterocycles. The largest absolute Gasteiger partial charge is 0.379 e. The molecule has 0 atom stereocenters. The Morgan fingerprint density at radius 2 is 1.85 bits per heavy atom. The van der Waals surface area contributed by atoms with Crippen LogP contribution in [0.3, 0.4) is 0 Å². The smallest absolute Gasteiger partial charge is 0.336 e. The number of hydrogen-bond acceptors (Lipinski definition) is 4. The fourth-order valence-electron chi connectivity index (χ4n) is 2.57. The van der Waals surface area contributed by atoms with Gasteiger partial charge in [-0.25, -0.2) is 14.2 Å². The predicted molar refractivity (Wildman–Crippen MR) is 103 cm³/mol. The lowest BCUT2D eigenvalue weighted by Gasteiger charge is -2.10. The van der Waals surface area contributed by atoms with E-state index in [4.69, 9.17) is 0 Å². The number of unbranched alkanes of at least 4 members (excludes halogenated alkanes) is 3. The summed E-state index contributed by atoms with van der Waals surface area (Å²) in [6.45, 7) is 3.13. The molecule has 0 spiro atoms. The summed E-state index contributed by atoms with van der Waals surface area (Å²) < 4.78 is 0.895. The number of aromatic nitrogens is 2. The number of H-pyrrole nitrogens is 1. The SMILES string of the molecule is CCCCCCNC(=O)n1cc(NCCc2ccccc2)c(=O)[nH]c1=O. The lowest BCUT2D eigenvalue weighted by atomic mass is 10.1. The van der Waals surface area contributed by atoms with E-state index in [2.05, 4.69) is 22.5 Å². The fraction of sp³-hybridized carbons (Fsp3) is 0.421. The van der Waals surface area contributed by atoms with Crippen molar-refractivity contribution in [3.05, 3.63) is 62.9 Å². The molecule has 0 aliphatic rings. The molecule has 0 radical (unpaired) electrons. The standard InChI is InChI=1S/C19H26N4O3/c1-2-3-4-8-12-21-18(25)23-14-16(17(24)22-19(23)26)20-13-11-15-9-6-5-7-10-15/h5-7,9-10,14,20H,2-4,8,11-13H2,1H3,(H,21,25)(H,22,24,26). The van der Waals surface area contributed by atoms with Gasteiger partial charge in [0.15, 0.2) is 0 Å². The van der Waals surface area contributed by atoms with Crippen molar-refractivity contribution in [1.82, 2.24) is 14.9 Å². The number of nitrogens with zero attached hydrogens (tertiary/aromatic N) is 1. The third-order valence-electron chi connectivity index (χ3n) is 4.04. The second-order valence-electron chi connectivity index (χ2n) is 6.13. The molecule has 140 valence electrons. The van der Waals surface area contributed by atoms with Crippen LogP contribution in [0.2, 0.25) is 0 Å². The summed E-state index contributed by atoms with van der Waals surface area (Å²) in [6.07, 6.45) is 6.11.